The standard InChI is InChI=1S/C13H18N4O9/c14-10(22)8-6(20)7(21)9(26-8)11-15-2-4(16-11)12(23)17-3(13(24)25)1-5(18)19/h2-3,6-10,20-22H,1,14H2,(H,15,16)(H,17,23)(H,18,19)(H,24,25)/t3-,6+,7-,8+,9?,10?/m0/s1. The topological polar surface area (TPSA) is 228 Å². The average Bonchev–Trinajstić information content (AvgIpc) is 3.12. The number of hydrogen-bond donors (Lipinski definition) is 8. The molecule has 0 radical (unpaired) electrons. The van der Waals surface area contributed by atoms with Crippen LogP contribution in [0.15, 0.2) is 6.20 Å². The van der Waals surface area contributed by atoms with Crippen LogP contribution in [0.25, 0.3) is 0 Å². The van der Waals surface area contributed by atoms with Gasteiger partial charge in [-0.05, 0) is 0 Å². The van der Waals surface area contributed by atoms with Crippen LogP contribution in [0.2, 0.25) is 0 Å². The summed E-state index contributed by atoms with van der Waals surface area (Å²) in [4.78, 5) is 39.9. The van der Waals surface area contributed by atoms with Gasteiger partial charge in [-0.2, -0.15) is 0 Å². The summed E-state index contributed by atoms with van der Waals surface area (Å²) >= 11 is 0. The van der Waals surface area contributed by atoms with Crippen LogP contribution >= 0.6 is 0 Å². The van der Waals surface area contributed by atoms with Crippen LogP contribution < -0.4 is 11.1 Å². The van der Waals surface area contributed by atoms with Crippen molar-refractivity contribution < 1.29 is 44.7 Å². The summed E-state index contributed by atoms with van der Waals surface area (Å²) in [5, 5.41) is 48.6. The van der Waals surface area contributed by atoms with Crippen LogP contribution in [0, 0.1) is 0 Å². The van der Waals surface area contributed by atoms with Crippen molar-refractivity contribution in [2.75, 3.05) is 0 Å². The Morgan fingerprint density at radius 3 is 2.46 bits per heavy atom. The molecule has 1 saturated heterocycles. The van der Waals surface area contributed by atoms with E-state index in [9.17, 15) is 29.7 Å². The van der Waals surface area contributed by atoms with Gasteiger partial charge in [0.1, 0.15) is 48.2 Å². The number of nitrogens with zero attached hydrogens (tertiary/aromatic N) is 1. The molecule has 0 aromatic carbocycles. The van der Waals surface area contributed by atoms with Gasteiger partial charge in [0.05, 0.1) is 12.6 Å². The molecule has 144 valence electrons. The minimum Gasteiger partial charge on any atom is -0.481 e. The number of rotatable bonds is 7. The summed E-state index contributed by atoms with van der Waals surface area (Å²) in [6.07, 6.45) is -6.84. The van der Waals surface area contributed by atoms with Crippen LogP contribution in [0.5, 0.6) is 0 Å². The first-order chi connectivity index (χ1) is 12.1. The lowest BCUT2D eigenvalue weighted by atomic mass is 10.1. The van der Waals surface area contributed by atoms with Crippen LogP contribution in [0.1, 0.15) is 28.8 Å². The number of nitrogens with two attached hydrogens (primary N) is 1. The lowest BCUT2D eigenvalue weighted by Crippen LogP contribution is -2.43. The van der Waals surface area contributed by atoms with Crippen molar-refractivity contribution >= 4 is 17.8 Å². The zero-order chi connectivity index (χ0) is 19.6. The number of aromatic amines is 1. The van der Waals surface area contributed by atoms with E-state index in [2.05, 4.69) is 9.97 Å². The van der Waals surface area contributed by atoms with Crippen molar-refractivity contribution in [3.63, 3.8) is 0 Å². The zero-order valence-corrected chi connectivity index (χ0v) is 13.1. The van der Waals surface area contributed by atoms with Crippen molar-refractivity contribution in [1.29, 1.82) is 0 Å². The Kier molecular flexibility index (Phi) is 5.89. The van der Waals surface area contributed by atoms with Crippen LogP contribution in [-0.4, -0.2) is 83.9 Å². The first kappa shape index (κ1) is 19.7. The fourth-order valence-corrected chi connectivity index (χ4v) is 2.42. The van der Waals surface area contributed by atoms with Gasteiger partial charge in [-0.25, -0.2) is 9.78 Å². The number of ether oxygens (including phenoxy) is 1. The molecule has 1 aromatic heterocycles. The number of aliphatic carboxylic acids is 2. The number of nitrogens with one attached hydrogen (secondary N) is 2. The number of imidazole rings is 1. The molecule has 1 aliphatic heterocycles. The Bertz CT molecular complexity index is 691. The van der Waals surface area contributed by atoms with Crippen molar-refractivity contribution in [2.24, 2.45) is 5.73 Å². The minimum atomic E-state index is -1.65. The minimum absolute atomic E-state index is 0.0741. The van der Waals surface area contributed by atoms with Gasteiger partial charge in [0.2, 0.25) is 0 Å². The number of carbonyl (C=O) groups is 3. The predicted molar refractivity (Wildman–Crippen MR) is 79.6 cm³/mol. The van der Waals surface area contributed by atoms with Crippen LogP contribution in [0.4, 0.5) is 0 Å². The summed E-state index contributed by atoms with van der Waals surface area (Å²) in [5.74, 6) is -3.96. The Morgan fingerprint density at radius 2 is 1.96 bits per heavy atom. The smallest absolute Gasteiger partial charge is 0.326 e. The van der Waals surface area contributed by atoms with Crippen LogP contribution in [0.3, 0.4) is 0 Å². The van der Waals surface area contributed by atoms with Gasteiger partial charge >= 0.3 is 11.9 Å². The van der Waals surface area contributed by atoms with E-state index in [-0.39, 0.29) is 11.5 Å². The van der Waals surface area contributed by atoms with E-state index >= 15 is 0 Å². The van der Waals surface area contributed by atoms with E-state index in [1.807, 2.05) is 5.32 Å². The highest BCUT2D eigenvalue weighted by atomic mass is 16.6. The molecule has 1 fully saturated rings. The molecule has 26 heavy (non-hydrogen) atoms. The van der Waals surface area contributed by atoms with Gasteiger partial charge in [0.25, 0.3) is 5.91 Å². The molecule has 1 aromatic rings. The van der Waals surface area contributed by atoms with Gasteiger partial charge < -0.3 is 46.3 Å². The lowest BCUT2D eigenvalue weighted by Gasteiger charge is -2.16. The van der Waals surface area contributed by atoms with Gasteiger partial charge in [-0.1, -0.05) is 0 Å². The number of carboxylic acids is 2. The summed E-state index contributed by atoms with van der Waals surface area (Å²) in [7, 11) is 0. The second-order valence-corrected chi connectivity index (χ2v) is 5.64. The first-order valence-corrected chi connectivity index (χ1v) is 7.37. The Labute approximate surface area is 145 Å². The zero-order valence-electron chi connectivity index (χ0n) is 13.1. The number of carboxylic acid groups (broad SMARTS) is 2. The number of aliphatic hydroxyl groups is 3. The maximum absolute atomic E-state index is 12.0. The molecule has 13 heteroatoms. The van der Waals surface area contributed by atoms with Crippen molar-refractivity contribution in [1.82, 2.24) is 15.3 Å². The molecule has 9 N–H and O–H groups in total. The van der Waals surface area contributed by atoms with Crippen molar-refractivity contribution in [2.45, 2.75) is 43.1 Å². The fourth-order valence-electron chi connectivity index (χ4n) is 2.42. The SMILES string of the molecule is NC(O)[C@@H]1OC(c2ncc(C(=O)N[C@@H](CC(=O)O)C(=O)O)[nH]2)[C@@H](O)[C@H]1O. The third-order valence-electron chi connectivity index (χ3n) is 3.73. The number of aromatic nitrogens is 2. The van der Waals surface area contributed by atoms with E-state index in [4.69, 9.17) is 20.7 Å². The Balaban J connectivity index is 2.10. The quantitative estimate of drug-likeness (QED) is 0.218. The maximum atomic E-state index is 12.0. The number of amides is 1. The van der Waals surface area contributed by atoms with E-state index < -0.39 is 61.0 Å². The average molecular weight is 374 g/mol. The number of aliphatic hydroxyl groups excluding tert-OH is 3. The molecule has 6 atom stereocenters. The Hall–Kier alpha value is -2.58. The summed E-state index contributed by atoms with van der Waals surface area (Å²) in [5.41, 5.74) is 5.00. The highest BCUT2D eigenvalue weighted by Crippen LogP contribution is 2.32. The fraction of sp³-hybridized carbons (Fsp3) is 0.538. The van der Waals surface area contributed by atoms with E-state index in [0.717, 1.165) is 6.20 Å². The number of H-pyrrole nitrogens is 1. The highest BCUT2D eigenvalue weighted by Gasteiger charge is 2.47. The summed E-state index contributed by atoms with van der Waals surface area (Å²) in [6, 6.07) is -1.65. The second-order valence-electron chi connectivity index (χ2n) is 5.64. The van der Waals surface area contributed by atoms with Crippen molar-refractivity contribution in [3.8, 4) is 0 Å². The molecule has 2 heterocycles. The highest BCUT2D eigenvalue weighted by molar-refractivity contribution is 5.95. The van der Waals surface area contributed by atoms with Gasteiger partial charge in [0, 0.05) is 0 Å². The normalized spacial score (nSPS) is 27.7. The molecule has 2 unspecified atom stereocenters. The first-order valence-electron chi connectivity index (χ1n) is 7.37. The number of hydrogen-bond acceptors (Lipinski definition) is 9. The molecule has 0 saturated carbocycles. The lowest BCUT2D eigenvalue weighted by molar-refractivity contribution is -0.145. The summed E-state index contributed by atoms with van der Waals surface area (Å²) < 4.78 is 5.23. The predicted octanol–water partition coefficient (Wildman–Crippen LogP) is -3.49. The number of carbonyl (C=O) groups excluding carboxylic acids is 1. The molecule has 13 nitrogen and oxygen atoms in total. The molecular formula is C13H18N4O9. The van der Waals surface area contributed by atoms with E-state index in [1.165, 1.54) is 0 Å². The molecular weight excluding hydrogens is 356 g/mol. The van der Waals surface area contributed by atoms with E-state index in [0.29, 0.717) is 0 Å². The third-order valence-corrected chi connectivity index (χ3v) is 3.73. The van der Waals surface area contributed by atoms with Gasteiger partial charge in [0.15, 0.2) is 0 Å². The molecule has 0 bridgehead atoms. The molecule has 1 amide bonds. The largest absolute Gasteiger partial charge is 0.481 e. The third kappa shape index (κ3) is 4.14. The van der Waals surface area contributed by atoms with Crippen LogP contribution in [-0.2, 0) is 14.3 Å². The molecule has 0 spiro atoms. The maximum Gasteiger partial charge on any atom is 0.326 e. The van der Waals surface area contributed by atoms with Crippen molar-refractivity contribution in [3.05, 3.63) is 17.7 Å². The second kappa shape index (κ2) is 7.76. The molecule has 2 rings (SSSR count). The van der Waals surface area contributed by atoms with Gasteiger partial charge in [-0.15, -0.1) is 0 Å². The van der Waals surface area contributed by atoms with Gasteiger partial charge in [-0.3, -0.25) is 9.59 Å². The summed E-state index contributed by atoms with van der Waals surface area (Å²) in [6.45, 7) is 0. The molecule has 1 aliphatic rings. The monoisotopic (exact) mass is 374 g/mol. The van der Waals surface area contributed by atoms with E-state index in [1.54, 1.807) is 0 Å². The molecule has 0 aliphatic carbocycles. The Morgan fingerprint density at radius 1 is 1.31 bits per heavy atom.